The molecule has 0 atom stereocenters. The van der Waals surface area contributed by atoms with E-state index in [0.717, 1.165) is 24.1 Å². The molecule has 0 aliphatic heterocycles. The van der Waals surface area contributed by atoms with Gasteiger partial charge in [0.25, 0.3) is 5.69 Å². The second-order valence-corrected chi connectivity index (χ2v) is 4.96. The van der Waals surface area contributed by atoms with Gasteiger partial charge < -0.3 is 0 Å². The topological polar surface area (TPSA) is 68.9 Å². The van der Waals surface area contributed by atoms with E-state index in [1.165, 1.54) is 37.8 Å². The lowest BCUT2D eigenvalue weighted by Crippen LogP contribution is -1.95. The van der Waals surface area contributed by atoms with Gasteiger partial charge in [0.15, 0.2) is 0 Å². The zero-order chi connectivity index (χ0) is 14.4. The van der Waals surface area contributed by atoms with Crippen molar-refractivity contribution in [1.82, 2.24) is 9.97 Å². The monoisotopic (exact) mass is 273 g/mol. The van der Waals surface area contributed by atoms with Gasteiger partial charge in [-0.15, -0.1) is 0 Å². The van der Waals surface area contributed by atoms with E-state index in [1.807, 2.05) is 0 Å². The Labute approximate surface area is 118 Å². The first-order valence-electron chi connectivity index (χ1n) is 7.11. The Morgan fingerprint density at radius 1 is 1.15 bits per heavy atom. The van der Waals surface area contributed by atoms with Gasteiger partial charge >= 0.3 is 0 Å². The number of aromatic nitrogens is 2. The van der Waals surface area contributed by atoms with Crippen LogP contribution >= 0.6 is 0 Å². The van der Waals surface area contributed by atoms with Crippen LogP contribution in [0.2, 0.25) is 0 Å². The van der Waals surface area contributed by atoms with Gasteiger partial charge in [0.1, 0.15) is 0 Å². The van der Waals surface area contributed by atoms with Gasteiger partial charge in [-0.05, 0) is 18.9 Å². The Kier molecular flexibility index (Phi) is 4.98. The molecule has 0 N–H and O–H groups in total. The highest BCUT2D eigenvalue weighted by Crippen LogP contribution is 2.18. The molecular formula is C15H19N3O2. The Bertz CT molecular complexity index is 599. The molecule has 0 aliphatic rings. The average Bonchev–Trinajstić information content (AvgIpc) is 2.46. The second-order valence-electron chi connectivity index (χ2n) is 4.96. The van der Waals surface area contributed by atoms with E-state index in [1.54, 1.807) is 12.3 Å². The Morgan fingerprint density at radius 2 is 1.95 bits per heavy atom. The molecule has 0 fully saturated rings. The SMILES string of the molecule is CCCCCCCc1cnc2cc([N+](=O)[O-])ccc2n1. The zero-order valence-electron chi connectivity index (χ0n) is 11.7. The maximum atomic E-state index is 10.7. The van der Waals surface area contributed by atoms with E-state index >= 15 is 0 Å². The molecule has 1 heterocycles. The molecule has 106 valence electrons. The molecule has 0 unspecified atom stereocenters. The largest absolute Gasteiger partial charge is 0.271 e. The van der Waals surface area contributed by atoms with Gasteiger partial charge in [-0.25, -0.2) is 4.98 Å². The van der Waals surface area contributed by atoms with Crippen molar-refractivity contribution in [2.45, 2.75) is 45.4 Å². The highest BCUT2D eigenvalue weighted by molar-refractivity contribution is 5.76. The van der Waals surface area contributed by atoms with Crippen molar-refractivity contribution in [1.29, 1.82) is 0 Å². The smallest absolute Gasteiger partial charge is 0.258 e. The van der Waals surface area contributed by atoms with Crippen LogP contribution in [-0.2, 0) is 6.42 Å². The van der Waals surface area contributed by atoms with Crippen LogP contribution in [0.25, 0.3) is 11.0 Å². The molecule has 0 aliphatic carbocycles. The van der Waals surface area contributed by atoms with E-state index < -0.39 is 4.92 Å². The first-order valence-corrected chi connectivity index (χ1v) is 7.11. The third-order valence-electron chi connectivity index (χ3n) is 3.32. The summed E-state index contributed by atoms with van der Waals surface area (Å²) in [6, 6.07) is 4.61. The van der Waals surface area contributed by atoms with Crippen LogP contribution in [0.3, 0.4) is 0 Å². The number of non-ortho nitro benzene ring substituents is 1. The number of nitro groups is 1. The number of aryl methyl sites for hydroxylation is 1. The van der Waals surface area contributed by atoms with Crippen LogP contribution in [0.4, 0.5) is 5.69 Å². The van der Waals surface area contributed by atoms with E-state index in [0.29, 0.717) is 5.52 Å². The summed E-state index contributed by atoms with van der Waals surface area (Å²) in [4.78, 5) is 19.1. The van der Waals surface area contributed by atoms with Crippen LogP contribution in [0.1, 0.15) is 44.7 Å². The molecule has 0 bridgehead atoms. The van der Waals surface area contributed by atoms with Crippen molar-refractivity contribution >= 4 is 16.7 Å². The van der Waals surface area contributed by atoms with Gasteiger partial charge in [-0.2, -0.15) is 0 Å². The minimum atomic E-state index is -0.414. The first kappa shape index (κ1) is 14.4. The summed E-state index contributed by atoms with van der Waals surface area (Å²) in [5.74, 6) is 0. The fraction of sp³-hybridized carbons (Fsp3) is 0.467. The highest BCUT2D eigenvalue weighted by Gasteiger charge is 2.08. The molecule has 20 heavy (non-hydrogen) atoms. The zero-order valence-corrected chi connectivity index (χ0v) is 11.7. The lowest BCUT2D eigenvalue weighted by Gasteiger charge is -2.02. The van der Waals surface area contributed by atoms with Gasteiger partial charge in [-0.3, -0.25) is 15.1 Å². The fourth-order valence-corrected chi connectivity index (χ4v) is 2.18. The Balaban J connectivity index is 2.02. The summed E-state index contributed by atoms with van der Waals surface area (Å²) in [6.45, 7) is 2.20. The molecule has 2 aromatic rings. The van der Waals surface area contributed by atoms with Crippen LogP contribution < -0.4 is 0 Å². The van der Waals surface area contributed by atoms with E-state index in [2.05, 4.69) is 16.9 Å². The van der Waals surface area contributed by atoms with E-state index in [9.17, 15) is 10.1 Å². The number of unbranched alkanes of at least 4 members (excludes halogenated alkanes) is 4. The summed E-state index contributed by atoms with van der Waals surface area (Å²) in [6.07, 6.45) is 8.78. The number of nitro benzene ring substituents is 1. The van der Waals surface area contributed by atoms with E-state index in [-0.39, 0.29) is 5.69 Å². The maximum absolute atomic E-state index is 10.7. The predicted molar refractivity (Wildman–Crippen MR) is 78.7 cm³/mol. The summed E-state index contributed by atoms with van der Waals surface area (Å²) in [5, 5.41) is 10.7. The molecule has 0 saturated carbocycles. The van der Waals surface area contributed by atoms with Crippen LogP contribution in [0.15, 0.2) is 24.4 Å². The molecule has 0 spiro atoms. The number of benzene rings is 1. The van der Waals surface area contributed by atoms with Gasteiger partial charge in [0.05, 0.1) is 21.7 Å². The number of fused-ring (bicyclic) bond motifs is 1. The van der Waals surface area contributed by atoms with Crippen molar-refractivity contribution < 1.29 is 4.92 Å². The molecule has 2 rings (SSSR count). The van der Waals surface area contributed by atoms with E-state index in [4.69, 9.17) is 0 Å². The minimum absolute atomic E-state index is 0.0547. The van der Waals surface area contributed by atoms with Crippen LogP contribution in [0.5, 0.6) is 0 Å². The maximum Gasteiger partial charge on any atom is 0.271 e. The molecule has 1 aromatic heterocycles. The van der Waals surface area contributed by atoms with Crippen molar-refractivity contribution in [2.24, 2.45) is 0 Å². The van der Waals surface area contributed by atoms with Crippen molar-refractivity contribution in [2.75, 3.05) is 0 Å². The van der Waals surface area contributed by atoms with Gasteiger partial charge in [0, 0.05) is 18.3 Å². The van der Waals surface area contributed by atoms with Gasteiger partial charge in [0.2, 0.25) is 0 Å². The molecule has 1 aromatic carbocycles. The quantitative estimate of drug-likeness (QED) is 0.433. The van der Waals surface area contributed by atoms with Crippen LogP contribution in [0, 0.1) is 10.1 Å². The predicted octanol–water partition coefficient (Wildman–Crippen LogP) is 4.05. The lowest BCUT2D eigenvalue weighted by molar-refractivity contribution is -0.384. The molecule has 5 heteroatoms. The third kappa shape index (κ3) is 3.73. The van der Waals surface area contributed by atoms with Crippen molar-refractivity contribution in [3.8, 4) is 0 Å². The second kappa shape index (κ2) is 6.93. The Hall–Kier alpha value is -2.04. The van der Waals surface area contributed by atoms with Crippen molar-refractivity contribution in [3.05, 3.63) is 40.2 Å². The summed E-state index contributed by atoms with van der Waals surface area (Å²) >= 11 is 0. The summed E-state index contributed by atoms with van der Waals surface area (Å²) < 4.78 is 0. The molecule has 0 saturated heterocycles. The average molecular weight is 273 g/mol. The summed E-state index contributed by atoms with van der Waals surface area (Å²) in [5.41, 5.74) is 2.32. The number of hydrogen-bond donors (Lipinski definition) is 0. The highest BCUT2D eigenvalue weighted by atomic mass is 16.6. The molecule has 5 nitrogen and oxygen atoms in total. The molecular weight excluding hydrogens is 254 g/mol. The minimum Gasteiger partial charge on any atom is -0.258 e. The Morgan fingerprint density at radius 3 is 2.70 bits per heavy atom. The summed E-state index contributed by atoms with van der Waals surface area (Å²) in [7, 11) is 0. The van der Waals surface area contributed by atoms with Gasteiger partial charge in [-0.1, -0.05) is 32.6 Å². The normalized spacial score (nSPS) is 10.8. The van der Waals surface area contributed by atoms with Crippen molar-refractivity contribution in [3.63, 3.8) is 0 Å². The number of hydrogen-bond acceptors (Lipinski definition) is 4. The fourth-order valence-electron chi connectivity index (χ4n) is 2.18. The standard InChI is InChI=1S/C15H19N3O2/c1-2-3-4-5-6-7-12-11-16-15-10-13(18(19)20)8-9-14(15)17-12/h8-11H,2-7H2,1H3. The third-order valence-corrected chi connectivity index (χ3v) is 3.32. The number of nitrogens with zero attached hydrogens (tertiary/aromatic N) is 3. The number of rotatable bonds is 7. The molecule has 0 amide bonds. The van der Waals surface area contributed by atoms with Crippen LogP contribution in [-0.4, -0.2) is 14.9 Å². The molecule has 0 radical (unpaired) electrons. The lowest BCUT2D eigenvalue weighted by atomic mass is 10.1. The first-order chi connectivity index (χ1) is 9.70.